The summed E-state index contributed by atoms with van der Waals surface area (Å²) in [5.74, 6) is 0. The van der Waals surface area contributed by atoms with Crippen LogP contribution in [0.5, 0.6) is 0 Å². The molecule has 0 aliphatic rings. The van der Waals surface area contributed by atoms with Gasteiger partial charge in [0.25, 0.3) is 0 Å². The molecule has 0 aromatic heterocycles. The highest BCUT2D eigenvalue weighted by atomic mass is 14.8. The average Bonchev–Trinajstić information content (AvgIpc) is 1.69. The van der Waals surface area contributed by atoms with Gasteiger partial charge in [0.05, 0.1) is 0 Å². The van der Waals surface area contributed by atoms with E-state index in [9.17, 15) is 0 Å². The molecule has 44 valence electrons. The fraction of sp³-hybridized carbons (Fsp3) is 1.00. The molecule has 0 rings (SSSR count). The molecule has 0 unspecified atom stereocenters. The standard InChI is InChI=1S/C5H14N2/c1-7-5-3-2-4-6/h7H,2-6H2,1H3. The lowest BCUT2D eigenvalue weighted by atomic mass is 10.3. The van der Waals surface area contributed by atoms with Crippen molar-refractivity contribution in [3.8, 4) is 0 Å². The molecule has 7 heavy (non-hydrogen) atoms. The van der Waals surface area contributed by atoms with Crippen LogP contribution >= 0.6 is 0 Å². The van der Waals surface area contributed by atoms with Gasteiger partial charge in [-0.3, -0.25) is 0 Å². The Balaban J connectivity index is 2.45. The second-order valence-electron chi connectivity index (χ2n) is 1.60. The van der Waals surface area contributed by atoms with Crippen LogP contribution in [0.25, 0.3) is 0 Å². The quantitative estimate of drug-likeness (QED) is 0.488. The van der Waals surface area contributed by atoms with E-state index in [0.717, 1.165) is 19.5 Å². The Bertz CT molecular complexity index is 25.3. The molecule has 2 nitrogen and oxygen atoms in total. The molecule has 0 fully saturated rings. The first-order valence-electron chi connectivity index (χ1n) is 2.76. The van der Waals surface area contributed by atoms with Crippen molar-refractivity contribution in [2.45, 2.75) is 12.8 Å². The lowest BCUT2D eigenvalue weighted by molar-refractivity contribution is 0.684. The SMILES string of the molecule is CNCCCCN. The predicted octanol–water partition coefficient (Wildman–Crippen LogP) is -0.0553. The molecule has 0 radical (unpaired) electrons. The van der Waals surface area contributed by atoms with E-state index in [1.165, 1.54) is 6.42 Å². The van der Waals surface area contributed by atoms with Crippen LogP contribution in [-0.4, -0.2) is 20.1 Å². The topological polar surface area (TPSA) is 38.0 Å². The van der Waals surface area contributed by atoms with Crippen LogP contribution in [-0.2, 0) is 0 Å². The van der Waals surface area contributed by atoms with E-state index in [1.54, 1.807) is 0 Å². The van der Waals surface area contributed by atoms with Gasteiger partial charge in [-0.05, 0) is 33.0 Å². The third-order valence-corrected chi connectivity index (χ3v) is 0.881. The second-order valence-corrected chi connectivity index (χ2v) is 1.60. The molecule has 0 aliphatic heterocycles. The first-order valence-corrected chi connectivity index (χ1v) is 2.76. The maximum absolute atomic E-state index is 5.24. The first kappa shape index (κ1) is 6.92. The van der Waals surface area contributed by atoms with Gasteiger partial charge in [0, 0.05) is 0 Å². The van der Waals surface area contributed by atoms with E-state index < -0.39 is 0 Å². The number of nitrogens with two attached hydrogens (primary N) is 1. The predicted molar refractivity (Wildman–Crippen MR) is 32.2 cm³/mol. The molecule has 2 heteroatoms. The minimum Gasteiger partial charge on any atom is -0.330 e. The normalized spacial score (nSPS) is 9.43. The fourth-order valence-corrected chi connectivity index (χ4v) is 0.446. The summed E-state index contributed by atoms with van der Waals surface area (Å²) >= 11 is 0. The van der Waals surface area contributed by atoms with Crippen molar-refractivity contribution in [2.24, 2.45) is 5.73 Å². The summed E-state index contributed by atoms with van der Waals surface area (Å²) in [4.78, 5) is 0. The molecule has 0 atom stereocenters. The van der Waals surface area contributed by atoms with Crippen molar-refractivity contribution in [3.63, 3.8) is 0 Å². The van der Waals surface area contributed by atoms with Crippen LogP contribution in [0.3, 0.4) is 0 Å². The Morgan fingerprint density at radius 2 is 2.14 bits per heavy atom. The van der Waals surface area contributed by atoms with Crippen LogP contribution in [0.4, 0.5) is 0 Å². The largest absolute Gasteiger partial charge is 0.330 e. The molecule has 0 bridgehead atoms. The smallest absolute Gasteiger partial charge is 0.00515 e. The number of hydrogen-bond donors (Lipinski definition) is 2. The molecule has 0 aliphatic carbocycles. The van der Waals surface area contributed by atoms with Crippen molar-refractivity contribution in [2.75, 3.05) is 20.1 Å². The lowest BCUT2D eigenvalue weighted by Crippen LogP contribution is -2.09. The first-order chi connectivity index (χ1) is 3.41. The summed E-state index contributed by atoms with van der Waals surface area (Å²) in [7, 11) is 1.95. The summed E-state index contributed by atoms with van der Waals surface area (Å²) < 4.78 is 0. The van der Waals surface area contributed by atoms with Crippen molar-refractivity contribution in [1.82, 2.24) is 5.32 Å². The van der Waals surface area contributed by atoms with Gasteiger partial charge in [-0.2, -0.15) is 0 Å². The summed E-state index contributed by atoms with van der Waals surface area (Å²) in [6, 6.07) is 0. The second kappa shape index (κ2) is 5.92. The monoisotopic (exact) mass is 102 g/mol. The number of unbranched alkanes of at least 4 members (excludes halogenated alkanes) is 1. The fourth-order valence-electron chi connectivity index (χ4n) is 0.446. The Morgan fingerprint density at radius 1 is 1.43 bits per heavy atom. The van der Waals surface area contributed by atoms with Crippen LogP contribution < -0.4 is 11.1 Å². The van der Waals surface area contributed by atoms with E-state index in [2.05, 4.69) is 5.32 Å². The highest BCUT2D eigenvalue weighted by Crippen LogP contribution is 1.79. The minimum absolute atomic E-state index is 0.821. The van der Waals surface area contributed by atoms with E-state index in [0.29, 0.717) is 0 Å². The maximum atomic E-state index is 5.24. The van der Waals surface area contributed by atoms with Gasteiger partial charge in [0.15, 0.2) is 0 Å². The van der Waals surface area contributed by atoms with Crippen molar-refractivity contribution in [1.29, 1.82) is 0 Å². The van der Waals surface area contributed by atoms with E-state index in [4.69, 9.17) is 5.73 Å². The zero-order valence-corrected chi connectivity index (χ0v) is 4.91. The molecule has 0 aromatic rings. The zero-order chi connectivity index (χ0) is 5.54. The Hall–Kier alpha value is -0.0800. The highest BCUT2D eigenvalue weighted by Gasteiger charge is 1.78. The Labute approximate surface area is 45.1 Å². The number of rotatable bonds is 4. The lowest BCUT2D eigenvalue weighted by Gasteiger charge is -1.93. The van der Waals surface area contributed by atoms with Gasteiger partial charge in [0.2, 0.25) is 0 Å². The molecular weight excluding hydrogens is 88.1 g/mol. The molecule has 0 aromatic carbocycles. The molecule has 3 N–H and O–H groups in total. The molecule has 0 spiro atoms. The highest BCUT2D eigenvalue weighted by molar-refractivity contribution is 4.41. The average molecular weight is 102 g/mol. The van der Waals surface area contributed by atoms with Gasteiger partial charge in [-0.1, -0.05) is 0 Å². The third-order valence-electron chi connectivity index (χ3n) is 0.881. The maximum Gasteiger partial charge on any atom is -0.00515 e. The number of nitrogens with one attached hydrogen (secondary N) is 1. The van der Waals surface area contributed by atoms with Gasteiger partial charge in [-0.25, -0.2) is 0 Å². The van der Waals surface area contributed by atoms with Crippen molar-refractivity contribution >= 4 is 0 Å². The molecular formula is C5H14N2. The van der Waals surface area contributed by atoms with Gasteiger partial charge in [0.1, 0.15) is 0 Å². The molecule has 0 heterocycles. The van der Waals surface area contributed by atoms with E-state index in [-0.39, 0.29) is 0 Å². The van der Waals surface area contributed by atoms with Crippen LogP contribution in [0.1, 0.15) is 12.8 Å². The van der Waals surface area contributed by atoms with Crippen LogP contribution in [0.15, 0.2) is 0 Å². The Kier molecular flexibility index (Phi) is 5.85. The molecule has 0 amide bonds. The minimum atomic E-state index is 0.821. The van der Waals surface area contributed by atoms with Gasteiger partial charge >= 0.3 is 0 Å². The van der Waals surface area contributed by atoms with E-state index >= 15 is 0 Å². The number of hydrogen-bond acceptors (Lipinski definition) is 2. The van der Waals surface area contributed by atoms with Crippen LogP contribution in [0, 0.1) is 0 Å². The van der Waals surface area contributed by atoms with Crippen molar-refractivity contribution in [3.05, 3.63) is 0 Å². The summed E-state index contributed by atoms with van der Waals surface area (Å²) in [5.41, 5.74) is 5.24. The van der Waals surface area contributed by atoms with Crippen LogP contribution in [0.2, 0.25) is 0 Å². The van der Waals surface area contributed by atoms with Crippen molar-refractivity contribution < 1.29 is 0 Å². The summed E-state index contributed by atoms with van der Waals surface area (Å²) in [5, 5.41) is 3.05. The third kappa shape index (κ3) is 5.92. The van der Waals surface area contributed by atoms with Gasteiger partial charge < -0.3 is 11.1 Å². The summed E-state index contributed by atoms with van der Waals surface area (Å²) in [6.07, 6.45) is 2.34. The van der Waals surface area contributed by atoms with E-state index in [1.807, 2.05) is 7.05 Å². The Morgan fingerprint density at radius 3 is 2.57 bits per heavy atom. The molecule has 0 saturated heterocycles. The summed E-state index contributed by atoms with van der Waals surface area (Å²) in [6.45, 7) is 1.92. The molecule has 0 saturated carbocycles. The van der Waals surface area contributed by atoms with Gasteiger partial charge in [-0.15, -0.1) is 0 Å². The zero-order valence-electron chi connectivity index (χ0n) is 4.91.